The highest BCUT2D eigenvalue weighted by Crippen LogP contribution is 2.28. The Labute approximate surface area is 139 Å². The Morgan fingerprint density at radius 1 is 1.48 bits per heavy atom. The Balaban J connectivity index is 1.94. The Kier molecular flexibility index (Phi) is 7.12. The number of aromatic nitrogens is 1. The third-order valence-corrected chi connectivity index (χ3v) is 4.64. The average Bonchev–Trinajstić information content (AvgIpc) is 3.09. The number of hydrogen-bond donors (Lipinski definition) is 2. The standard InChI is InChI=1S/C18H30N2O3/c1-4-5-6-8-13(2)11-14-12-23-17(15-9-7-10-19-15)20-16(14)18(21)22-3/h7,9-10,13-14,16-17,19-20H,4-6,8,11-12H2,1-3H3. The van der Waals surface area contributed by atoms with Crippen LogP contribution in [0, 0.1) is 11.8 Å². The summed E-state index contributed by atoms with van der Waals surface area (Å²) >= 11 is 0. The lowest BCUT2D eigenvalue weighted by atomic mass is 9.86. The van der Waals surface area contributed by atoms with Gasteiger partial charge in [0.05, 0.1) is 19.4 Å². The molecule has 0 spiro atoms. The van der Waals surface area contributed by atoms with Crippen molar-refractivity contribution in [1.29, 1.82) is 0 Å². The molecule has 0 saturated carbocycles. The topological polar surface area (TPSA) is 63.3 Å². The minimum Gasteiger partial charge on any atom is -0.468 e. The maximum absolute atomic E-state index is 12.2. The van der Waals surface area contributed by atoms with Crippen molar-refractivity contribution in [3.8, 4) is 0 Å². The first kappa shape index (κ1) is 18.0. The molecule has 130 valence electrons. The number of rotatable bonds is 8. The molecule has 0 amide bonds. The minimum atomic E-state index is -0.310. The summed E-state index contributed by atoms with van der Waals surface area (Å²) in [5, 5.41) is 3.30. The zero-order valence-electron chi connectivity index (χ0n) is 14.5. The van der Waals surface area contributed by atoms with Gasteiger partial charge in [0.25, 0.3) is 0 Å². The van der Waals surface area contributed by atoms with Gasteiger partial charge in [-0.05, 0) is 24.5 Å². The van der Waals surface area contributed by atoms with Gasteiger partial charge in [-0.15, -0.1) is 0 Å². The molecule has 4 unspecified atom stereocenters. The molecule has 1 aliphatic rings. The van der Waals surface area contributed by atoms with E-state index < -0.39 is 0 Å². The fourth-order valence-electron chi connectivity index (χ4n) is 3.32. The molecule has 5 nitrogen and oxygen atoms in total. The Hall–Kier alpha value is -1.33. The molecule has 1 aliphatic heterocycles. The SMILES string of the molecule is CCCCCC(C)CC1COC(c2ccc[nH]2)NC1C(=O)OC. The number of aromatic amines is 1. The summed E-state index contributed by atoms with van der Waals surface area (Å²) < 4.78 is 10.9. The fraction of sp³-hybridized carbons (Fsp3) is 0.722. The monoisotopic (exact) mass is 322 g/mol. The van der Waals surface area contributed by atoms with Gasteiger partial charge in [-0.2, -0.15) is 0 Å². The van der Waals surface area contributed by atoms with Crippen LogP contribution in [0.5, 0.6) is 0 Å². The lowest BCUT2D eigenvalue weighted by Gasteiger charge is -2.36. The molecule has 0 aliphatic carbocycles. The van der Waals surface area contributed by atoms with E-state index in [0.717, 1.165) is 12.1 Å². The van der Waals surface area contributed by atoms with Gasteiger partial charge < -0.3 is 14.5 Å². The molecule has 1 fully saturated rings. The van der Waals surface area contributed by atoms with Gasteiger partial charge in [0.15, 0.2) is 0 Å². The predicted molar refractivity (Wildman–Crippen MR) is 89.8 cm³/mol. The highest BCUT2D eigenvalue weighted by atomic mass is 16.5. The van der Waals surface area contributed by atoms with E-state index in [9.17, 15) is 4.79 Å². The van der Waals surface area contributed by atoms with Gasteiger partial charge in [-0.3, -0.25) is 10.1 Å². The van der Waals surface area contributed by atoms with Crippen LogP contribution in [0.15, 0.2) is 18.3 Å². The van der Waals surface area contributed by atoms with Crippen molar-refractivity contribution < 1.29 is 14.3 Å². The third-order valence-electron chi connectivity index (χ3n) is 4.64. The number of carbonyl (C=O) groups is 1. The van der Waals surface area contributed by atoms with Crippen LogP contribution in [0.3, 0.4) is 0 Å². The quantitative estimate of drug-likeness (QED) is 0.569. The van der Waals surface area contributed by atoms with Gasteiger partial charge in [0.2, 0.25) is 0 Å². The number of H-pyrrole nitrogens is 1. The van der Waals surface area contributed by atoms with E-state index in [2.05, 4.69) is 24.1 Å². The van der Waals surface area contributed by atoms with Crippen molar-refractivity contribution in [2.24, 2.45) is 11.8 Å². The van der Waals surface area contributed by atoms with Crippen molar-refractivity contribution >= 4 is 5.97 Å². The molecule has 0 radical (unpaired) electrons. The highest BCUT2D eigenvalue weighted by molar-refractivity contribution is 5.76. The summed E-state index contributed by atoms with van der Waals surface area (Å²) in [7, 11) is 1.45. The number of methoxy groups -OCH3 is 1. The summed E-state index contributed by atoms with van der Waals surface area (Å²) in [6.07, 6.45) is 7.54. The summed E-state index contributed by atoms with van der Waals surface area (Å²) in [6.45, 7) is 5.06. The van der Waals surface area contributed by atoms with Gasteiger partial charge in [0.1, 0.15) is 12.3 Å². The molecule has 2 N–H and O–H groups in total. The summed E-state index contributed by atoms with van der Waals surface area (Å²) in [6, 6.07) is 3.57. The zero-order valence-corrected chi connectivity index (χ0v) is 14.5. The van der Waals surface area contributed by atoms with Gasteiger partial charge >= 0.3 is 5.97 Å². The number of ether oxygens (including phenoxy) is 2. The van der Waals surface area contributed by atoms with E-state index in [-0.39, 0.29) is 24.2 Å². The van der Waals surface area contributed by atoms with E-state index in [0.29, 0.717) is 12.5 Å². The summed E-state index contributed by atoms with van der Waals surface area (Å²) in [4.78, 5) is 15.3. The zero-order chi connectivity index (χ0) is 16.7. The fourth-order valence-corrected chi connectivity index (χ4v) is 3.32. The van der Waals surface area contributed by atoms with Crippen LogP contribution in [-0.2, 0) is 14.3 Å². The number of hydrogen-bond acceptors (Lipinski definition) is 4. The van der Waals surface area contributed by atoms with E-state index in [4.69, 9.17) is 9.47 Å². The van der Waals surface area contributed by atoms with Crippen LogP contribution in [0.2, 0.25) is 0 Å². The second kappa shape index (κ2) is 9.08. The first-order valence-corrected chi connectivity index (χ1v) is 8.74. The van der Waals surface area contributed by atoms with E-state index in [1.54, 1.807) is 0 Å². The number of esters is 1. The van der Waals surface area contributed by atoms with E-state index in [1.165, 1.54) is 32.8 Å². The van der Waals surface area contributed by atoms with Crippen molar-refractivity contribution in [1.82, 2.24) is 10.3 Å². The van der Waals surface area contributed by atoms with Crippen molar-refractivity contribution in [2.75, 3.05) is 13.7 Å². The third kappa shape index (κ3) is 5.08. The van der Waals surface area contributed by atoms with Crippen molar-refractivity contribution in [3.05, 3.63) is 24.0 Å². The molecular formula is C18H30N2O3. The Bertz CT molecular complexity index is 461. The van der Waals surface area contributed by atoms with Crippen LogP contribution >= 0.6 is 0 Å². The normalized spacial score (nSPS) is 26.0. The maximum atomic E-state index is 12.2. The second-order valence-electron chi connectivity index (χ2n) is 6.60. The molecule has 0 aromatic carbocycles. The molecule has 4 atom stereocenters. The van der Waals surface area contributed by atoms with E-state index in [1.807, 2.05) is 18.3 Å². The maximum Gasteiger partial charge on any atom is 0.323 e. The van der Waals surface area contributed by atoms with Gasteiger partial charge in [-0.25, -0.2) is 0 Å². The van der Waals surface area contributed by atoms with E-state index >= 15 is 0 Å². The number of unbranched alkanes of at least 4 members (excludes halogenated alkanes) is 2. The molecule has 5 heteroatoms. The molecule has 1 aromatic heterocycles. The molecule has 23 heavy (non-hydrogen) atoms. The molecule has 1 aromatic rings. The lowest BCUT2D eigenvalue weighted by molar-refractivity contribution is -0.153. The molecule has 2 heterocycles. The Morgan fingerprint density at radius 2 is 2.30 bits per heavy atom. The van der Waals surface area contributed by atoms with Gasteiger partial charge in [0, 0.05) is 12.1 Å². The largest absolute Gasteiger partial charge is 0.468 e. The second-order valence-corrected chi connectivity index (χ2v) is 6.60. The highest BCUT2D eigenvalue weighted by Gasteiger charge is 2.37. The summed E-state index contributed by atoms with van der Waals surface area (Å²) in [5.74, 6) is 0.548. The number of carbonyl (C=O) groups excluding carboxylic acids is 1. The van der Waals surface area contributed by atoms with Crippen LogP contribution in [-0.4, -0.2) is 30.7 Å². The van der Waals surface area contributed by atoms with Crippen LogP contribution < -0.4 is 5.32 Å². The Morgan fingerprint density at radius 3 is 2.96 bits per heavy atom. The smallest absolute Gasteiger partial charge is 0.323 e. The van der Waals surface area contributed by atoms with Gasteiger partial charge in [-0.1, -0.05) is 39.5 Å². The number of nitrogens with one attached hydrogen (secondary N) is 2. The van der Waals surface area contributed by atoms with Crippen molar-refractivity contribution in [2.45, 2.75) is 58.2 Å². The molecule has 2 rings (SSSR count). The first-order chi connectivity index (χ1) is 11.2. The van der Waals surface area contributed by atoms with Crippen LogP contribution in [0.25, 0.3) is 0 Å². The average molecular weight is 322 g/mol. The van der Waals surface area contributed by atoms with Crippen LogP contribution in [0.4, 0.5) is 0 Å². The van der Waals surface area contributed by atoms with Crippen molar-refractivity contribution in [3.63, 3.8) is 0 Å². The molecular weight excluding hydrogens is 292 g/mol. The molecule has 0 bridgehead atoms. The minimum absolute atomic E-state index is 0.158. The summed E-state index contributed by atoms with van der Waals surface area (Å²) in [5.41, 5.74) is 0.938. The van der Waals surface area contributed by atoms with Crippen LogP contribution in [0.1, 0.15) is 57.9 Å². The predicted octanol–water partition coefficient (Wildman–Crippen LogP) is 3.40. The lowest BCUT2D eigenvalue weighted by Crippen LogP contribution is -2.52. The first-order valence-electron chi connectivity index (χ1n) is 8.74. The molecule has 1 saturated heterocycles.